The molecule has 4 nitrogen and oxygen atoms in total. The fourth-order valence-electron chi connectivity index (χ4n) is 1.90. The van der Waals surface area contributed by atoms with E-state index in [2.05, 4.69) is 9.97 Å². The third kappa shape index (κ3) is 2.15. The average molecular weight is 257 g/mol. The molecule has 0 fully saturated rings. The molecule has 0 aliphatic rings. The van der Waals surface area contributed by atoms with Crippen LogP contribution in [0.4, 0.5) is 4.39 Å². The van der Waals surface area contributed by atoms with E-state index in [0.29, 0.717) is 17.9 Å². The van der Waals surface area contributed by atoms with Crippen molar-refractivity contribution in [2.75, 3.05) is 0 Å². The van der Waals surface area contributed by atoms with Crippen molar-refractivity contribution < 1.29 is 9.13 Å². The van der Waals surface area contributed by atoms with Crippen LogP contribution in [0.25, 0.3) is 11.0 Å². The van der Waals surface area contributed by atoms with E-state index in [0.717, 1.165) is 10.9 Å². The van der Waals surface area contributed by atoms with Crippen molar-refractivity contribution in [1.29, 1.82) is 0 Å². The second kappa shape index (κ2) is 4.70. The van der Waals surface area contributed by atoms with E-state index in [4.69, 9.17) is 10.5 Å². The lowest BCUT2D eigenvalue weighted by atomic mass is 10.2. The number of fused-ring (bicyclic) bond motifs is 1. The van der Waals surface area contributed by atoms with Crippen LogP contribution >= 0.6 is 0 Å². The minimum atomic E-state index is -0.427. The lowest BCUT2D eigenvalue weighted by molar-refractivity contribution is 0.445. The van der Waals surface area contributed by atoms with Gasteiger partial charge in [0.1, 0.15) is 11.4 Å². The molecule has 0 aliphatic heterocycles. The van der Waals surface area contributed by atoms with Crippen molar-refractivity contribution in [3.05, 3.63) is 54.1 Å². The van der Waals surface area contributed by atoms with Crippen molar-refractivity contribution in [3.63, 3.8) is 0 Å². The SMILES string of the molecule is NCc1ccc(Oc2ccnc3[nH]ccc23)c(F)c1. The number of benzene rings is 1. The molecule has 2 aromatic heterocycles. The third-order valence-electron chi connectivity index (χ3n) is 2.87. The zero-order valence-electron chi connectivity index (χ0n) is 10.1. The van der Waals surface area contributed by atoms with Crippen molar-refractivity contribution in [1.82, 2.24) is 9.97 Å². The van der Waals surface area contributed by atoms with Crippen LogP contribution in [0.2, 0.25) is 0 Å². The number of H-pyrrole nitrogens is 1. The number of hydrogen-bond donors (Lipinski definition) is 2. The van der Waals surface area contributed by atoms with Gasteiger partial charge in [-0.1, -0.05) is 6.07 Å². The van der Waals surface area contributed by atoms with Gasteiger partial charge < -0.3 is 15.5 Å². The predicted molar refractivity (Wildman–Crippen MR) is 70.5 cm³/mol. The minimum Gasteiger partial charge on any atom is -0.453 e. The number of aromatic amines is 1. The fourth-order valence-corrected chi connectivity index (χ4v) is 1.90. The number of pyridine rings is 1. The second-order valence-corrected chi connectivity index (χ2v) is 4.12. The van der Waals surface area contributed by atoms with Crippen LogP contribution in [0.1, 0.15) is 5.56 Å². The lowest BCUT2D eigenvalue weighted by Crippen LogP contribution is -1.97. The van der Waals surface area contributed by atoms with Gasteiger partial charge in [-0.15, -0.1) is 0 Å². The molecule has 0 amide bonds. The third-order valence-corrected chi connectivity index (χ3v) is 2.87. The van der Waals surface area contributed by atoms with Crippen LogP contribution in [0.15, 0.2) is 42.7 Å². The number of nitrogens with one attached hydrogen (secondary N) is 1. The topological polar surface area (TPSA) is 63.9 Å². The van der Waals surface area contributed by atoms with Crippen LogP contribution in [0, 0.1) is 5.82 Å². The van der Waals surface area contributed by atoms with Gasteiger partial charge >= 0.3 is 0 Å². The highest BCUT2D eigenvalue weighted by atomic mass is 19.1. The molecule has 3 rings (SSSR count). The molecule has 1 aromatic carbocycles. The van der Waals surface area contributed by atoms with Crippen molar-refractivity contribution in [3.8, 4) is 11.5 Å². The molecule has 2 heterocycles. The first-order valence-electron chi connectivity index (χ1n) is 5.86. The van der Waals surface area contributed by atoms with E-state index in [1.54, 1.807) is 30.6 Å². The van der Waals surface area contributed by atoms with E-state index >= 15 is 0 Å². The summed E-state index contributed by atoms with van der Waals surface area (Å²) in [4.78, 5) is 7.12. The maximum absolute atomic E-state index is 13.8. The van der Waals surface area contributed by atoms with Gasteiger partial charge in [-0.2, -0.15) is 0 Å². The van der Waals surface area contributed by atoms with Gasteiger partial charge in [-0.05, 0) is 29.8 Å². The Labute approximate surface area is 109 Å². The Hall–Kier alpha value is -2.40. The highest BCUT2D eigenvalue weighted by Crippen LogP contribution is 2.30. The van der Waals surface area contributed by atoms with E-state index in [1.165, 1.54) is 6.07 Å². The Morgan fingerprint density at radius 2 is 2.11 bits per heavy atom. The molecule has 5 heteroatoms. The Bertz CT molecular complexity index is 724. The maximum Gasteiger partial charge on any atom is 0.166 e. The summed E-state index contributed by atoms with van der Waals surface area (Å²) in [5.41, 5.74) is 6.90. The number of aromatic nitrogens is 2. The molecular formula is C14H12FN3O. The van der Waals surface area contributed by atoms with Gasteiger partial charge in [-0.25, -0.2) is 9.37 Å². The zero-order valence-corrected chi connectivity index (χ0v) is 10.1. The maximum atomic E-state index is 13.8. The summed E-state index contributed by atoms with van der Waals surface area (Å²) < 4.78 is 19.4. The van der Waals surface area contributed by atoms with Crippen molar-refractivity contribution in [2.45, 2.75) is 6.54 Å². The highest BCUT2D eigenvalue weighted by molar-refractivity contribution is 5.82. The average Bonchev–Trinajstić information content (AvgIpc) is 2.90. The monoisotopic (exact) mass is 257 g/mol. The largest absolute Gasteiger partial charge is 0.453 e. The number of halogens is 1. The Morgan fingerprint density at radius 3 is 2.89 bits per heavy atom. The fraction of sp³-hybridized carbons (Fsp3) is 0.0714. The van der Waals surface area contributed by atoms with Gasteiger partial charge in [0, 0.05) is 18.9 Å². The molecule has 0 bridgehead atoms. The molecule has 0 saturated heterocycles. The minimum absolute atomic E-state index is 0.172. The smallest absolute Gasteiger partial charge is 0.166 e. The number of rotatable bonds is 3. The molecule has 0 aliphatic carbocycles. The molecule has 0 radical (unpaired) electrons. The molecule has 0 unspecified atom stereocenters. The van der Waals surface area contributed by atoms with Gasteiger partial charge in [0.05, 0.1) is 5.39 Å². The lowest BCUT2D eigenvalue weighted by Gasteiger charge is -2.08. The van der Waals surface area contributed by atoms with Gasteiger partial charge in [0.15, 0.2) is 11.6 Å². The second-order valence-electron chi connectivity index (χ2n) is 4.12. The van der Waals surface area contributed by atoms with Crippen molar-refractivity contribution in [2.24, 2.45) is 5.73 Å². The number of hydrogen-bond acceptors (Lipinski definition) is 3. The molecule has 19 heavy (non-hydrogen) atoms. The first kappa shape index (κ1) is 11.7. The first-order chi connectivity index (χ1) is 9.28. The van der Waals surface area contributed by atoms with E-state index in [-0.39, 0.29) is 5.75 Å². The predicted octanol–water partition coefficient (Wildman–Crippen LogP) is 2.95. The molecule has 96 valence electrons. The van der Waals surface area contributed by atoms with Crippen LogP contribution in [-0.2, 0) is 6.54 Å². The van der Waals surface area contributed by atoms with Crippen LogP contribution in [0.3, 0.4) is 0 Å². The highest BCUT2D eigenvalue weighted by Gasteiger charge is 2.09. The summed E-state index contributed by atoms with van der Waals surface area (Å²) in [6, 6.07) is 8.24. The van der Waals surface area contributed by atoms with E-state index in [1.807, 2.05) is 6.07 Å². The summed E-state index contributed by atoms with van der Waals surface area (Å²) in [5, 5.41) is 0.810. The quantitative estimate of drug-likeness (QED) is 0.758. The summed E-state index contributed by atoms with van der Waals surface area (Å²) in [6.45, 7) is 0.300. The number of ether oxygens (including phenoxy) is 1. The number of nitrogens with two attached hydrogens (primary N) is 1. The molecule has 0 atom stereocenters. The Balaban J connectivity index is 1.99. The van der Waals surface area contributed by atoms with Gasteiger partial charge in [0.2, 0.25) is 0 Å². The molecule has 3 aromatic rings. The Kier molecular flexibility index (Phi) is 2.89. The van der Waals surface area contributed by atoms with Crippen molar-refractivity contribution >= 4 is 11.0 Å². The number of nitrogens with zero attached hydrogens (tertiary/aromatic N) is 1. The summed E-state index contributed by atoms with van der Waals surface area (Å²) in [7, 11) is 0. The molecule has 0 saturated carbocycles. The van der Waals surface area contributed by atoms with Crippen LogP contribution in [-0.4, -0.2) is 9.97 Å². The van der Waals surface area contributed by atoms with Gasteiger partial charge in [0.25, 0.3) is 0 Å². The van der Waals surface area contributed by atoms with E-state index in [9.17, 15) is 4.39 Å². The summed E-state index contributed by atoms with van der Waals surface area (Å²) in [6.07, 6.45) is 3.37. The van der Waals surface area contributed by atoms with Crippen LogP contribution < -0.4 is 10.5 Å². The first-order valence-corrected chi connectivity index (χ1v) is 5.86. The van der Waals surface area contributed by atoms with E-state index < -0.39 is 5.82 Å². The summed E-state index contributed by atoms with van der Waals surface area (Å²) >= 11 is 0. The van der Waals surface area contributed by atoms with Crippen LogP contribution in [0.5, 0.6) is 11.5 Å². The standard InChI is InChI=1S/C14H12FN3O/c15-11-7-9(8-16)1-2-13(11)19-12-4-6-18-14-10(12)3-5-17-14/h1-7H,8,16H2,(H,17,18). The Morgan fingerprint density at radius 1 is 1.21 bits per heavy atom. The summed E-state index contributed by atoms with van der Waals surface area (Å²) in [5.74, 6) is 0.306. The normalized spacial score (nSPS) is 10.8. The molecule has 0 spiro atoms. The zero-order chi connectivity index (χ0) is 13.2. The molecule has 3 N–H and O–H groups in total. The van der Waals surface area contributed by atoms with Gasteiger partial charge in [-0.3, -0.25) is 0 Å². The molecular weight excluding hydrogens is 245 g/mol.